The smallest absolute Gasteiger partial charge is 0.311 e. The molecule has 0 aliphatic carbocycles. The van der Waals surface area contributed by atoms with E-state index in [4.69, 9.17) is 24.7 Å². The van der Waals surface area contributed by atoms with E-state index in [1.54, 1.807) is 48.6 Å². The molecular formula is C39H59NO15. The predicted molar refractivity (Wildman–Crippen MR) is 197 cm³/mol. The first-order valence-corrected chi connectivity index (χ1v) is 18.8. The monoisotopic (exact) mass is 781 g/mol. The molecule has 0 radical (unpaired) electrons. The Kier molecular flexibility index (Phi) is 19.0. The maximum Gasteiger partial charge on any atom is 0.311 e. The van der Waals surface area contributed by atoms with Crippen LogP contribution in [0.1, 0.15) is 71.6 Å². The molecule has 10 N–H and O–H groups in total. The normalized spacial score (nSPS) is 41.7. The second-order valence-electron chi connectivity index (χ2n) is 14.6. The summed E-state index contributed by atoms with van der Waals surface area (Å²) in [5.74, 6) is -6.46. The van der Waals surface area contributed by atoms with E-state index in [1.165, 1.54) is 6.08 Å². The van der Waals surface area contributed by atoms with Gasteiger partial charge in [0.05, 0.1) is 61.8 Å². The van der Waals surface area contributed by atoms with Gasteiger partial charge in [-0.05, 0) is 12.3 Å². The van der Waals surface area contributed by atoms with Crippen LogP contribution in [0.15, 0.2) is 60.8 Å². The average Bonchev–Trinajstić information content (AvgIpc) is 3.10. The first-order valence-electron chi connectivity index (χ1n) is 18.8. The van der Waals surface area contributed by atoms with Crippen LogP contribution in [0.3, 0.4) is 0 Å². The van der Waals surface area contributed by atoms with Gasteiger partial charge in [-0.1, -0.05) is 81.0 Å². The number of aliphatic hydroxyl groups excluding tert-OH is 6. The van der Waals surface area contributed by atoms with Crippen LogP contribution in [0, 0.1) is 11.8 Å². The van der Waals surface area contributed by atoms with E-state index in [9.17, 15) is 55.2 Å². The van der Waals surface area contributed by atoms with Gasteiger partial charge in [-0.25, -0.2) is 0 Å². The zero-order chi connectivity index (χ0) is 40.7. The Morgan fingerprint density at radius 3 is 2.22 bits per heavy atom. The number of hydrogen-bond acceptors (Lipinski definition) is 15. The Hall–Kier alpha value is -3.13. The Morgan fingerprint density at radius 2 is 1.56 bits per heavy atom. The SMILES string of the molecule is CCC(C)C1C/C=C/C=C/C=C/C=C/C=C/C(OC2OC[C@@H](O)[C@H](N)[C@H]2O)CC2OC(O)(CC(O)C(O)CCC(=O)CC(O)CC(=O)O1)CC(O)C2C(=O)O. The Labute approximate surface area is 321 Å². The maximum absolute atomic E-state index is 12.6. The van der Waals surface area contributed by atoms with Crippen molar-refractivity contribution in [1.29, 1.82) is 0 Å². The number of carboxylic acid groups (broad SMARTS) is 1. The number of cyclic esters (lactones) is 1. The minimum Gasteiger partial charge on any atom is -0.481 e. The summed E-state index contributed by atoms with van der Waals surface area (Å²) in [6.45, 7) is 3.67. The number of hydrogen-bond donors (Lipinski definition) is 9. The largest absolute Gasteiger partial charge is 0.481 e. The van der Waals surface area contributed by atoms with Gasteiger partial charge < -0.3 is 65.5 Å². The van der Waals surface area contributed by atoms with Gasteiger partial charge in [0.25, 0.3) is 0 Å². The highest BCUT2D eigenvalue weighted by Crippen LogP contribution is 2.38. The van der Waals surface area contributed by atoms with Crippen LogP contribution in [0.5, 0.6) is 0 Å². The van der Waals surface area contributed by atoms with Crippen LogP contribution >= 0.6 is 0 Å². The maximum atomic E-state index is 12.6. The van der Waals surface area contributed by atoms with Crippen molar-refractivity contribution in [3.8, 4) is 0 Å². The number of allylic oxidation sites excluding steroid dienone is 8. The highest BCUT2D eigenvalue weighted by molar-refractivity contribution is 5.80. The third kappa shape index (κ3) is 15.0. The van der Waals surface area contributed by atoms with Crippen LogP contribution in [0.25, 0.3) is 0 Å². The van der Waals surface area contributed by atoms with E-state index in [2.05, 4.69) is 0 Å². The summed E-state index contributed by atoms with van der Waals surface area (Å²) in [5, 5.41) is 84.9. The molecule has 0 spiro atoms. The van der Waals surface area contributed by atoms with Crippen LogP contribution in [0.4, 0.5) is 0 Å². The molecule has 2 bridgehead atoms. The zero-order valence-electron chi connectivity index (χ0n) is 31.4. The lowest BCUT2D eigenvalue weighted by Gasteiger charge is -2.45. The highest BCUT2D eigenvalue weighted by atomic mass is 16.7. The minimum atomic E-state index is -2.33. The molecule has 3 heterocycles. The lowest BCUT2D eigenvalue weighted by Crippen LogP contribution is -2.59. The number of aliphatic carboxylic acids is 1. The Balaban J connectivity index is 1.89. The van der Waals surface area contributed by atoms with E-state index >= 15 is 0 Å². The fourth-order valence-electron chi connectivity index (χ4n) is 6.60. The number of esters is 1. The summed E-state index contributed by atoms with van der Waals surface area (Å²) in [4.78, 5) is 37.6. The number of ketones is 1. The quantitative estimate of drug-likeness (QED) is 0.171. The molecule has 11 unspecified atom stereocenters. The molecule has 0 aromatic rings. The second-order valence-corrected chi connectivity index (χ2v) is 14.6. The molecule has 3 rings (SSSR count). The molecule has 0 amide bonds. The molecule has 2 fully saturated rings. The van der Waals surface area contributed by atoms with Crippen molar-refractivity contribution in [2.75, 3.05) is 6.61 Å². The number of Topliss-reactive ketones (excluding diaryl/α,β-unsaturated/α-hetero) is 1. The van der Waals surface area contributed by atoms with Crippen molar-refractivity contribution in [2.45, 2.75) is 145 Å². The molecular weight excluding hydrogens is 722 g/mol. The van der Waals surface area contributed by atoms with Gasteiger partial charge in [0, 0.05) is 38.5 Å². The predicted octanol–water partition coefficient (Wildman–Crippen LogP) is 0.451. The number of carbonyl (C=O) groups is 3. The number of nitrogens with two attached hydrogens (primary N) is 1. The highest BCUT2D eigenvalue weighted by Gasteiger charge is 2.51. The van der Waals surface area contributed by atoms with E-state index in [0.29, 0.717) is 6.42 Å². The van der Waals surface area contributed by atoms with Crippen molar-refractivity contribution >= 4 is 17.7 Å². The van der Waals surface area contributed by atoms with Crippen molar-refractivity contribution in [1.82, 2.24) is 0 Å². The molecule has 310 valence electrons. The number of ether oxygens (including phenoxy) is 4. The summed E-state index contributed by atoms with van der Waals surface area (Å²) < 4.78 is 22.9. The topological polar surface area (TPSA) is 276 Å². The van der Waals surface area contributed by atoms with Crippen LogP contribution in [-0.4, -0.2) is 138 Å². The number of carboxylic acids is 1. The third-order valence-corrected chi connectivity index (χ3v) is 10.0. The standard InChI is InChI=1S/C39H59NO15/c1-3-23(2)31-14-12-10-8-6-4-5-7-9-11-13-26(53-38-36(48)35(40)30(46)22-52-38)19-32-34(37(49)50)29(45)21-39(51,55-32)20-28(44)27(43)16-15-24(41)17-25(42)18-33(47)54-31/h4-13,23,25-32,34-36,38,42-46,48,51H,3,14-22,40H2,1-2H3,(H,49,50)/b5-4+,8-6+,9-7+,12-10+,13-11+/t23?,25?,26?,27?,28?,29?,30-,31?,32?,34?,35+,36-,38?,39?/m1/s1. The summed E-state index contributed by atoms with van der Waals surface area (Å²) in [6.07, 6.45) is 2.14. The van der Waals surface area contributed by atoms with Crippen LogP contribution in [-0.2, 0) is 33.3 Å². The van der Waals surface area contributed by atoms with Gasteiger partial charge in [-0.3, -0.25) is 14.4 Å². The molecule has 3 aliphatic heterocycles. The third-order valence-electron chi connectivity index (χ3n) is 10.0. The fraction of sp³-hybridized carbons (Fsp3) is 0.667. The lowest BCUT2D eigenvalue weighted by atomic mass is 9.82. The number of aliphatic hydroxyl groups is 7. The zero-order valence-corrected chi connectivity index (χ0v) is 31.4. The summed E-state index contributed by atoms with van der Waals surface area (Å²) >= 11 is 0. The van der Waals surface area contributed by atoms with Crippen LogP contribution < -0.4 is 5.73 Å². The second kappa shape index (κ2) is 22.6. The van der Waals surface area contributed by atoms with E-state index in [1.807, 2.05) is 19.9 Å². The molecule has 0 aromatic carbocycles. The van der Waals surface area contributed by atoms with Gasteiger partial charge in [0.1, 0.15) is 23.9 Å². The number of rotatable bonds is 5. The summed E-state index contributed by atoms with van der Waals surface area (Å²) in [6, 6.07) is -1.11. The van der Waals surface area contributed by atoms with Crippen molar-refractivity contribution < 1.29 is 74.2 Å². The molecule has 2 saturated heterocycles. The average molecular weight is 782 g/mol. The van der Waals surface area contributed by atoms with Gasteiger partial charge >= 0.3 is 11.9 Å². The lowest BCUT2D eigenvalue weighted by molar-refractivity contribution is -0.307. The Bertz CT molecular complexity index is 1380. The Morgan fingerprint density at radius 1 is 0.927 bits per heavy atom. The van der Waals surface area contributed by atoms with E-state index < -0.39 is 122 Å². The molecule has 0 aromatic heterocycles. The van der Waals surface area contributed by atoms with Crippen molar-refractivity contribution in [3.05, 3.63) is 60.8 Å². The summed E-state index contributed by atoms with van der Waals surface area (Å²) in [5.41, 5.74) is 5.90. The molecule has 55 heavy (non-hydrogen) atoms. The number of carbonyl (C=O) groups excluding carboxylic acids is 2. The van der Waals surface area contributed by atoms with Crippen molar-refractivity contribution in [2.24, 2.45) is 17.6 Å². The van der Waals surface area contributed by atoms with Gasteiger partial charge in [-0.2, -0.15) is 0 Å². The molecule has 3 aliphatic rings. The van der Waals surface area contributed by atoms with Gasteiger partial charge in [0.2, 0.25) is 0 Å². The minimum absolute atomic E-state index is 0.0308. The first-order chi connectivity index (χ1) is 26.0. The summed E-state index contributed by atoms with van der Waals surface area (Å²) in [7, 11) is 0. The van der Waals surface area contributed by atoms with Crippen molar-refractivity contribution in [3.63, 3.8) is 0 Å². The van der Waals surface area contributed by atoms with E-state index in [0.717, 1.165) is 6.42 Å². The number of fused-ring (bicyclic) bond motifs is 2. The van der Waals surface area contributed by atoms with E-state index in [-0.39, 0.29) is 31.8 Å². The molecule has 16 nitrogen and oxygen atoms in total. The van der Waals surface area contributed by atoms with Crippen LogP contribution in [0.2, 0.25) is 0 Å². The van der Waals surface area contributed by atoms with Gasteiger partial charge in [-0.15, -0.1) is 0 Å². The fourth-order valence-corrected chi connectivity index (χ4v) is 6.60. The first kappa shape index (κ1) is 46.3. The molecule has 14 atom stereocenters. The molecule has 16 heteroatoms. The van der Waals surface area contributed by atoms with Gasteiger partial charge in [0.15, 0.2) is 12.1 Å². The molecule has 0 saturated carbocycles.